The minimum Gasteiger partial charge on any atom is -0.481 e. The Morgan fingerprint density at radius 3 is 2.38 bits per heavy atom. The predicted molar refractivity (Wildman–Crippen MR) is 99.7 cm³/mol. The van der Waals surface area contributed by atoms with Crippen molar-refractivity contribution in [1.29, 1.82) is 0 Å². The number of hydrazine groups is 1. The summed E-state index contributed by atoms with van der Waals surface area (Å²) in [5.74, 6) is -3.36. The second-order valence-corrected chi connectivity index (χ2v) is 7.52. The van der Waals surface area contributed by atoms with Crippen LogP contribution in [-0.4, -0.2) is 22.9 Å². The molecule has 0 bridgehead atoms. The molecule has 6 nitrogen and oxygen atoms in total. The molecule has 1 heterocycles. The van der Waals surface area contributed by atoms with Crippen LogP contribution in [0.1, 0.15) is 37.0 Å². The lowest BCUT2D eigenvalue weighted by Crippen LogP contribution is -2.48. The van der Waals surface area contributed by atoms with Crippen molar-refractivity contribution in [3.05, 3.63) is 46.4 Å². The number of carboxylic acid groups (broad SMARTS) is 1. The molecule has 1 aromatic carbocycles. The Bertz CT molecular complexity index is 915. The lowest BCUT2D eigenvalue weighted by atomic mass is 9.76. The molecule has 136 valence electrons. The molecule has 0 spiro atoms. The Morgan fingerprint density at radius 1 is 1.04 bits per heavy atom. The van der Waals surface area contributed by atoms with Crippen LogP contribution >= 0.6 is 11.3 Å². The third-order valence-electron chi connectivity index (χ3n) is 4.95. The van der Waals surface area contributed by atoms with Crippen LogP contribution in [0.3, 0.4) is 0 Å². The number of allylic oxidation sites excluding steroid dienone is 2. The molecule has 2 aromatic rings. The van der Waals surface area contributed by atoms with E-state index in [0.717, 1.165) is 21.2 Å². The molecule has 1 aliphatic rings. The number of thiophene rings is 1. The van der Waals surface area contributed by atoms with E-state index in [2.05, 4.69) is 10.9 Å². The second-order valence-electron chi connectivity index (χ2n) is 6.61. The second kappa shape index (κ2) is 7.29. The number of rotatable bonds is 3. The predicted octanol–water partition coefficient (Wildman–Crippen LogP) is 3.11. The molecule has 1 aliphatic carbocycles. The third-order valence-corrected chi connectivity index (χ3v) is 5.91. The van der Waals surface area contributed by atoms with E-state index in [1.54, 1.807) is 5.38 Å². The van der Waals surface area contributed by atoms with Crippen molar-refractivity contribution in [3.63, 3.8) is 0 Å². The molecule has 2 amide bonds. The summed E-state index contributed by atoms with van der Waals surface area (Å²) in [5.41, 5.74) is 7.34. The van der Waals surface area contributed by atoms with Gasteiger partial charge in [0.2, 0.25) is 5.91 Å². The van der Waals surface area contributed by atoms with Crippen LogP contribution in [0.25, 0.3) is 10.1 Å². The molecule has 1 aromatic heterocycles. The first kappa shape index (κ1) is 18.1. The SMILES string of the molecule is CC1=C(C)C[C@@H](C(=O)NNC(=O)c2csc3ccccc23)[C@H](C(=O)O)C1. The van der Waals surface area contributed by atoms with Crippen molar-refractivity contribution < 1.29 is 19.5 Å². The van der Waals surface area contributed by atoms with Gasteiger partial charge < -0.3 is 5.11 Å². The normalized spacial score (nSPS) is 20.1. The van der Waals surface area contributed by atoms with Crippen LogP contribution in [0.15, 0.2) is 40.8 Å². The van der Waals surface area contributed by atoms with Crippen LogP contribution in [-0.2, 0) is 9.59 Å². The molecular weight excluding hydrogens is 352 g/mol. The molecule has 3 N–H and O–H groups in total. The van der Waals surface area contributed by atoms with E-state index >= 15 is 0 Å². The Morgan fingerprint density at radius 2 is 1.69 bits per heavy atom. The number of nitrogens with one attached hydrogen (secondary N) is 2. The van der Waals surface area contributed by atoms with Crippen LogP contribution < -0.4 is 10.9 Å². The van der Waals surface area contributed by atoms with Gasteiger partial charge in [0.1, 0.15) is 0 Å². The highest BCUT2D eigenvalue weighted by Crippen LogP contribution is 2.34. The third kappa shape index (κ3) is 3.48. The Balaban J connectivity index is 1.70. The van der Waals surface area contributed by atoms with Gasteiger partial charge in [-0.05, 0) is 32.8 Å². The molecule has 26 heavy (non-hydrogen) atoms. The number of benzene rings is 1. The van der Waals surface area contributed by atoms with Gasteiger partial charge in [-0.2, -0.15) is 0 Å². The van der Waals surface area contributed by atoms with Crippen LogP contribution in [0.2, 0.25) is 0 Å². The maximum absolute atomic E-state index is 12.5. The lowest BCUT2D eigenvalue weighted by Gasteiger charge is -2.29. The van der Waals surface area contributed by atoms with E-state index in [-0.39, 0.29) is 0 Å². The van der Waals surface area contributed by atoms with Crippen LogP contribution in [0.4, 0.5) is 0 Å². The molecule has 2 atom stereocenters. The Hall–Kier alpha value is -2.67. The number of amides is 2. The molecule has 0 radical (unpaired) electrons. The highest BCUT2D eigenvalue weighted by molar-refractivity contribution is 7.17. The molecule has 7 heteroatoms. The van der Waals surface area contributed by atoms with E-state index in [0.29, 0.717) is 18.4 Å². The summed E-state index contributed by atoms with van der Waals surface area (Å²) in [6.07, 6.45) is 0.730. The van der Waals surface area contributed by atoms with Crippen molar-refractivity contribution in [2.45, 2.75) is 26.7 Å². The average molecular weight is 372 g/mol. The van der Waals surface area contributed by atoms with Gasteiger partial charge in [-0.1, -0.05) is 29.3 Å². The maximum Gasteiger partial charge on any atom is 0.307 e. The fourth-order valence-corrected chi connectivity index (χ4v) is 4.20. The molecular formula is C19H20N2O4S. The number of hydrogen-bond donors (Lipinski definition) is 3. The molecule has 0 aliphatic heterocycles. The van der Waals surface area contributed by atoms with Crippen molar-refractivity contribution in [3.8, 4) is 0 Å². The summed E-state index contributed by atoms with van der Waals surface area (Å²) in [4.78, 5) is 36.4. The molecule has 0 fully saturated rings. The first-order valence-corrected chi connectivity index (χ1v) is 9.21. The van der Waals surface area contributed by atoms with E-state index in [1.807, 2.05) is 38.1 Å². The lowest BCUT2D eigenvalue weighted by molar-refractivity contribution is -0.147. The van der Waals surface area contributed by atoms with E-state index in [1.165, 1.54) is 11.3 Å². The number of carboxylic acids is 1. The number of carbonyl (C=O) groups is 3. The van der Waals surface area contributed by atoms with Crippen LogP contribution in [0, 0.1) is 11.8 Å². The van der Waals surface area contributed by atoms with Crippen LogP contribution in [0.5, 0.6) is 0 Å². The average Bonchev–Trinajstić information content (AvgIpc) is 3.05. The molecule has 0 unspecified atom stereocenters. The monoisotopic (exact) mass is 372 g/mol. The van der Waals surface area contributed by atoms with Gasteiger partial charge in [-0.25, -0.2) is 0 Å². The summed E-state index contributed by atoms with van der Waals surface area (Å²) in [5, 5.41) is 12.0. The van der Waals surface area contributed by atoms with Gasteiger partial charge in [0.05, 0.1) is 17.4 Å². The van der Waals surface area contributed by atoms with Gasteiger partial charge >= 0.3 is 5.97 Å². The fraction of sp³-hybridized carbons (Fsp3) is 0.316. The molecule has 3 rings (SSSR count). The van der Waals surface area contributed by atoms with E-state index < -0.39 is 29.6 Å². The van der Waals surface area contributed by atoms with Gasteiger partial charge in [-0.3, -0.25) is 25.2 Å². The first-order valence-electron chi connectivity index (χ1n) is 8.33. The van der Waals surface area contributed by atoms with Gasteiger partial charge in [0.25, 0.3) is 5.91 Å². The Labute approximate surface area is 154 Å². The zero-order chi connectivity index (χ0) is 18.8. The van der Waals surface area contributed by atoms with Crippen molar-refractivity contribution in [2.75, 3.05) is 0 Å². The molecule has 0 saturated heterocycles. The zero-order valence-corrected chi connectivity index (χ0v) is 15.4. The summed E-state index contributed by atoms with van der Waals surface area (Å²) < 4.78 is 0.985. The zero-order valence-electron chi connectivity index (χ0n) is 14.5. The minimum atomic E-state index is -0.993. The first-order chi connectivity index (χ1) is 12.4. The Kier molecular flexibility index (Phi) is 5.08. The summed E-state index contributed by atoms with van der Waals surface area (Å²) in [7, 11) is 0. The minimum absolute atomic E-state index is 0.350. The quantitative estimate of drug-likeness (QED) is 0.570. The summed E-state index contributed by atoms with van der Waals surface area (Å²) in [6, 6.07) is 7.52. The highest BCUT2D eigenvalue weighted by Gasteiger charge is 2.37. The number of carbonyl (C=O) groups excluding carboxylic acids is 2. The van der Waals surface area contributed by atoms with Crippen molar-refractivity contribution >= 4 is 39.2 Å². The maximum atomic E-state index is 12.5. The van der Waals surface area contributed by atoms with Crippen molar-refractivity contribution in [1.82, 2.24) is 10.9 Å². The van der Waals surface area contributed by atoms with E-state index in [4.69, 9.17) is 0 Å². The largest absolute Gasteiger partial charge is 0.481 e. The van der Waals surface area contributed by atoms with Gasteiger partial charge in [0.15, 0.2) is 0 Å². The smallest absolute Gasteiger partial charge is 0.307 e. The van der Waals surface area contributed by atoms with E-state index in [9.17, 15) is 19.5 Å². The van der Waals surface area contributed by atoms with Gasteiger partial charge in [0, 0.05) is 15.5 Å². The standard InChI is InChI=1S/C19H20N2O4S/c1-10-7-13(14(19(24)25)8-11(10)2)17(22)20-21-18(23)15-9-26-16-6-4-3-5-12(15)16/h3-6,9,13-14H,7-8H2,1-2H3,(H,20,22)(H,21,23)(H,24,25)/t13-,14-/m1/s1. The van der Waals surface area contributed by atoms with Gasteiger partial charge in [-0.15, -0.1) is 11.3 Å². The number of aliphatic carboxylic acids is 1. The fourth-order valence-electron chi connectivity index (χ4n) is 3.26. The number of fused-ring (bicyclic) bond motifs is 1. The highest BCUT2D eigenvalue weighted by atomic mass is 32.1. The summed E-state index contributed by atoms with van der Waals surface area (Å²) in [6.45, 7) is 3.80. The molecule has 0 saturated carbocycles. The number of hydrogen-bond acceptors (Lipinski definition) is 4. The van der Waals surface area contributed by atoms with Crippen molar-refractivity contribution in [2.24, 2.45) is 11.8 Å². The summed E-state index contributed by atoms with van der Waals surface area (Å²) >= 11 is 1.45. The topological polar surface area (TPSA) is 95.5 Å².